The maximum Gasteiger partial charge on any atom is 0.0700 e. The first-order chi connectivity index (χ1) is 7.43. The van der Waals surface area contributed by atoms with Gasteiger partial charge in [-0.15, -0.1) is 11.3 Å². The molecule has 1 heterocycles. The summed E-state index contributed by atoms with van der Waals surface area (Å²) < 4.78 is 10.2. The molecule has 0 unspecified atom stereocenters. The average molecular weight is 229 g/mol. The van der Waals surface area contributed by atoms with E-state index in [-0.39, 0.29) is 0 Å². The second kappa shape index (κ2) is 8.85. The van der Waals surface area contributed by atoms with E-state index in [4.69, 9.17) is 9.47 Å². The Morgan fingerprint density at radius 1 is 1.27 bits per heavy atom. The van der Waals surface area contributed by atoms with Crippen molar-refractivity contribution in [2.24, 2.45) is 0 Å². The van der Waals surface area contributed by atoms with E-state index in [2.05, 4.69) is 22.8 Å². The van der Waals surface area contributed by atoms with E-state index in [0.29, 0.717) is 13.2 Å². The third-order valence-electron chi connectivity index (χ3n) is 1.98. The number of hydrogen-bond acceptors (Lipinski definition) is 4. The lowest BCUT2D eigenvalue weighted by Gasteiger charge is -2.04. The highest BCUT2D eigenvalue weighted by Crippen LogP contribution is 2.07. The van der Waals surface area contributed by atoms with Gasteiger partial charge in [-0.1, -0.05) is 6.07 Å². The van der Waals surface area contributed by atoms with Gasteiger partial charge in [0.15, 0.2) is 0 Å². The first kappa shape index (κ1) is 12.6. The molecule has 0 aromatic carbocycles. The monoisotopic (exact) mass is 229 g/mol. The summed E-state index contributed by atoms with van der Waals surface area (Å²) >= 11 is 1.81. The molecule has 0 aliphatic rings. The summed E-state index contributed by atoms with van der Waals surface area (Å²) in [6.07, 6.45) is 1.11. The molecule has 15 heavy (non-hydrogen) atoms. The van der Waals surface area contributed by atoms with E-state index in [0.717, 1.165) is 26.1 Å². The normalized spacial score (nSPS) is 10.7. The Labute approximate surface area is 95.4 Å². The smallest absolute Gasteiger partial charge is 0.0700 e. The number of methoxy groups -OCH3 is 1. The Kier molecular flexibility index (Phi) is 7.47. The van der Waals surface area contributed by atoms with Crippen LogP contribution in [0, 0.1) is 0 Å². The van der Waals surface area contributed by atoms with Crippen LogP contribution in [0.25, 0.3) is 0 Å². The number of thiophene rings is 1. The quantitative estimate of drug-likeness (QED) is 0.652. The topological polar surface area (TPSA) is 30.5 Å². The molecule has 1 aromatic heterocycles. The van der Waals surface area contributed by atoms with Gasteiger partial charge in [0.1, 0.15) is 0 Å². The van der Waals surface area contributed by atoms with Crippen molar-refractivity contribution in [1.29, 1.82) is 0 Å². The minimum absolute atomic E-state index is 0.676. The second-order valence-electron chi connectivity index (χ2n) is 3.18. The van der Waals surface area contributed by atoms with Crippen LogP contribution < -0.4 is 5.32 Å². The molecule has 0 fully saturated rings. The fourth-order valence-corrected chi connectivity index (χ4v) is 1.89. The Morgan fingerprint density at radius 2 is 2.20 bits per heavy atom. The van der Waals surface area contributed by atoms with Crippen molar-refractivity contribution in [2.45, 2.75) is 6.42 Å². The van der Waals surface area contributed by atoms with Crippen molar-refractivity contribution in [2.75, 3.05) is 40.0 Å². The van der Waals surface area contributed by atoms with Gasteiger partial charge in [-0.3, -0.25) is 0 Å². The fourth-order valence-electron chi connectivity index (χ4n) is 1.18. The molecule has 1 aromatic rings. The van der Waals surface area contributed by atoms with Crippen molar-refractivity contribution in [3.8, 4) is 0 Å². The van der Waals surface area contributed by atoms with Crippen molar-refractivity contribution < 1.29 is 9.47 Å². The molecule has 0 bridgehead atoms. The SMILES string of the molecule is COCCOCCNCCc1cccs1. The van der Waals surface area contributed by atoms with Gasteiger partial charge in [0.2, 0.25) is 0 Å². The lowest BCUT2D eigenvalue weighted by molar-refractivity contribution is 0.0721. The predicted octanol–water partition coefficient (Wildman–Crippen LogP) is 1.54. The largest absolute Gasteiger partial charge is 0.382 e. The van der Waals surface area contributed by atoms with Gasteiger partial charge in [0.05, 0.1) is 19.8 Å². The summed E-state index contributed by atoms with van der Waals surface area (Å²) in [6, 6.07) is 4.26. The summed E-state index contributed by atoms with van der Waals surface area (Å²) in [7, 11) is 1.68. The summed E-state index contributed by atoms with van der Waals surface area (Å²) in [6.45, 7) is 4.05. The molecular formula is C11H19NO2S. The van der Waals surface area contributed by atoms with Crippen molar-refractivity contribution in [1.82, 2.24) is 5.32 Å². The highest BCUT2D eigenvalue weighted by molar-refractivity contribution is 7.09. The Bertz CT molecular complexity index is 227. The molecule has 1 N–H and O–H groups in total. The summed E-state index contributed by atoms with van der Waals surface area (Å²) in [4.78, 5) is 1.43. The zero-order chi connectivity index (χ0) is 10.8. The van der Waals surface area contributed by atoms with Gasteiger partial charge in [-0.2, -0.15) is 0 Å². The molecule has 3 nitrogen and oxygen atoms in total. The van der Waals surface area contributed by atoms with Crippen LogP contribution in [0.5, 0.6) is 0 Å². The summed E-state index contributed by atoms with van der Waals surface area (Å²) in [5.74, 6) is 0. The van der Waals surface area contributed by atoms with Crippen LogP contribution in [0.2, 0.25) is 0 Å². The van der Waals surface area contributed by atoms with Gasteiger partial charge < -0.3 is 14.8 Å². The van der Waals surface area contributed by atoms with Crippen LogP contribution in [-0.2, 0) is 15.9 Å². The number of nitrogens with one attached hydrogen (secondary N) is 1. The fraction of sp³-hybridized carbons (Fsp3) is 0.636. The molecule has 0 aliphatic heterocycles. The Hall–Kier alpha value is -0.420. The minimum atomic E-state index is 0.676. The second-order valence-corrected chi connectivity index (χ2v) is 4.22. The number of hydrogen-bond donors (Lipinski definition) is 1. The molecule has 0 spiro atoms. The molecule has 4 heteroatoms. The van der Waals surface area contributed by atoms with Gasteiger partial charge >= 0.3 is 0 Å². The molecule has 86 valence electrons. The summed E-state index contributed by atoms with van der Waals surface area (Å²) in [5, 5.41) is 5.46. The number of rotatable bonds is 9. The first-order valence-corrected chi connectivity index (χ1v) is 6.11. The Balaban J connectivity index is 1.81. The zero-order valence-corrected chi connectivity index (χ0v) is 10.0. The van der Waals surface area contributed by atoms with E-state index < -0.39 is 0 Å². The standard InChI is InChI=1S/C11H19NO2S/c1-13-8-9-14-7-6-12-5-4-11-3-2-10-15-11/h2-3,10,12H,4-9H2,1H3. The molecule has 0 radical (unpaired) electrons. The van der Waals surface area contributed by atoms with Gasteiger partial charge in [0.25, 0.3) is 0 Å². The van der Waals surface area contributed by atoms with Crippen LogP contribution in [0.3, 0.4) is 0 Å². The lowest BCUT2D eigenvalue weighted by atomic mass is 10.3. The maximum atomic E-state index is 5.33. The van der Waals surface area contributed by atoms with Crippen LogP contribution in [-0.4, -0.2) is 40.0 Å². The van der Waals surface area contributed by atoms with E-state index in [1.54, 1.807) is 7.11 Å². The summed E-state index contributed by atoms with van der Waals surface area (Å²) in [5.41, 5.74) is 0. The van der Waals surface area contributed by atoms with Crippen LogP contribution in [0.15, 0.2) is 17.5 Å². The van der Waals surface area contributed by atoms with Crippen LogP contribution in [0.1, 0.15) is 4.88 Å². The lowest BCUT2D eigenvalue weighted by Crippen LogP contribution is -2.22. The third kappa shape index (κ3) is 6.62. The van der Waals surface area contributed by atoms with Gasteiger partial charge in [-0.25, -0.2) is 0 Å². The molecule has 1 rings (SSSR count). The minimum Gasteiger partial charge on any atom is -0.382 e. The Morgan fingerprint density at radius 3 is 2.93 bits per heavy atom. The van der Waals surface area contributed by atoms with Crippen molar-refractivity contribution in [3.63, 3.8) is 0 Å². The number of ether oxygens (including phenoxy) is 2. The molecule has 0 atom stereocenters. The third-order valence-corrected chi connectivity index (χ3v) is 2.92. The molecule has 0 aliphatic carbocycles. The van der Waals surface area contributed by atoms with Gasteiger partial charge in [-0.05, 0) is 17.9 Å². The van der Waals surface area contributed by atoms with Gasteiger partial charge in [0, 0.05) is 25.1 Å². The predicted molar refractivity (Wildman–Crippen MR) is 63.6 cm³/mol. The zero-order valence-electron chi connectivity index (χ0n) is 9.20. The van der Waals surface area contributed by atoms with E-state index in [1.807, 2.05) is 11.3 Å². The van der Waals surface area contributed by atoms with E-state index in [1.165, 1.54) is 4.88 Å². The van der Waals surface area contributed by atoms with Crippen LogP contribution in [0.4, 0.5) is 0 Å². The average Bonchev–Trinajstić information content (AvgIpc) is 2.75. The van der Waals surface area contributed by atoms with Crippen molar-refractivity contribution >= 4 is 11.3 Å². The van der Waals surface area contributed by atoms with E-state index in [9.17, 15) is 0 Å². The highest BCUT2D eigenvalue weighted by atomic mass is 32.1. The van der Waals surface area contributed by atoms with Crippen LogP contribution >= 0.6 is 11.3 Å². The highest BCUT2D eigenvalue weighted by Gasteiger charge is 1.93. The molecular weight excluding hydrogens is 210 g/mol. The molecule has 0 amide bonds. The van der Waals surface area contributed by atoms with Crippen molar-refractivity contribution in [3.05, 3.63) is 22.4 Å². The molecule has 0 saturated carbocycles. The maximum absolute atomic E-state index is 5.33. The first-order valence-electron chi connectivity index (χ1n) is 5.23. The van der Waals surface area contributed by atoms with E-state index >= 15 is 0 Å². The molecule has 0 saturated heterocycles.